The Kier molecular flexibility index (Phi) is 9.49. The molecule has 0 fully saturated rings. The summed E-state index contributed by atoms with van der Waals surface area (Å²) >= 11 is 0. The third kappa shape index (κ3) is 6.51. The van der Waals surface area contributed by atoms with E-state index < -0.39 is 6.10 Å². The molecule has 0 aliphatic carbocycles. The number of benzene rings is 3. The van der Waals surface area contributed by atoms with Gasteiger partial charge in [-0.05, 0) is 65.9 Å². The van der Waals surface area contributed by atoms with Gasteiger partial charge in [-0.3, -0.25) is 0 Å². The zero-order valence-corrected chi connectivity index (χ0v) is 19.9. The van der Waals surface area contributed by atoms with Gasteiger partial charge in [0.1, 0.15) is 23.4 Å². The Labute approximate surface area is 206 Å². The molecule has 35 heavy (non-hydrogen) atoms. The first-order chi connectivity index (χ1) is 17.0. The quantitative estimate of drug-likeness (QED) is 0.240. The standard InChI is InChI=1S/C29H32O6/c1-4-6-20-8-13-28(34-19-33-3)26(14-20)27-16-21(7-5-2)15-25(22-9-11-23(32)12-10-22)29(27)35-24(17-30)18-31/h4-5,8-16,24,30-32H,1-2,6-7,17-19H2,3H3. The minimum Gasteiger partial charge on any atom is -0.508 e. The number of hydrogen-bond acceptors (Lipinski definition) is 6. The molecule has 0 aromatic heterocycles. The number of ether oxygens (including phenoxy) is 3. The second kappa shape index (κ2) is 12.8. The average Bonchev–Trinajstić information content (AvgIpc) is 2.87. The number of hydrogen-bond donors (Lipinski definition) is 3. The predicted molar refractivity (Wildman–Crippen MR) is 138 cm³/mol. The first-order valence-electron chi connectivity index (χ1n) is 11.4. The van der Waals surface area contributed by atoms with Crippen LogP contribution < -0.4 is 9.47 Å². The number of phenolic OH excluding ortho intramolecular Hbond substituents is 1. The van der Waals surface area contributed by atoms with Gasteiger partial charge in [-0.2, -0.15) is 0 Å². The highest BCUT2D eigenvalue weighted by molar-refractivity contribution is 5.86. The van der Waals surface area contributed by atoms with Crippen LogP contribution in [0.5, 0.6) is 17.2 Å². The van der Waals surface area contributed by atoms with Crippen LogP contribution >= 0.6 is 0 Å². The SMILES string of the molecule is C=CCc1ccc(OCOC)c(-c2cc(CC=C)cc(-c3ccc(O)cc3)c2OC(CO)CO)c1. The van der Waals surface area contributed by atoms with Crippen LogP contribution in [-0.2, 0) is 17.6 Å². The molecule has 3 rings (SSSR count). The third-order valence-electron chi connectivity index (χ3n) is 5.45. The van der Waals surface area contributed by atoms with E-state index in [0.29, 0.717) is 24.3 Å². The summed E-state index contributed by atoms with van der Waals surface area (Å²) in [6, 6.07) is 16.6. The second-order valence-electron chi connectivity index (χ2n) is 8.04. The monoisotopic (exact) mass is 476 g/mol. The van der Waals surface area contributed by atoms with E-state index in [-0.39, 0.29) is 25.8 Å². The van der Waals surface area contributed by atoms with Crippen molar-refractivity contribution in [3.63, 3.8) is 0 Å². The van der Waals surface area contributed by atoms with Crippen molar-refractivity contribution in [3.8, 4) is 39.5 Å². The van der Waals surface area contributed by atoms with Crippen LogP contribution in [0.4, 0.5) is 0 Å². The molecule has 0 amide bonds. The lowest BCUT2D eigenvalue weighted by molar-refractivity contribution is 0.0514. The number of phenols is 1. The first-order valence-corrected chi connectivity index (χ1v) is 11.4. The number of allylic oxidation sites excluding steroid dienone is 2. The zero-order chi connectivity index (χ0) is 25.2. The van der Waals surface area contributed by atoms with Crippen molar-refractivity contribution in [2.45, 2.75) is 18.9 Å². The number of aromatic hydroxyl groups is 1. The molecule has 3 aromatic rings. The third-order valence-corrected chi connectivity index (χ3v) is 5.45. The highest BCUT2D eigenvalue weighted by atomic mass is 16.7. The maximum absolute atomic E-state index is 9.82. The van der Waals surface area contributed by atoms with E-state index in [2.05, 4.69) is 13.2 Å². The molecule has 3 N–H and O–H groups in total. The van der Waals surface area contributed by atoms with E-state index in [1.807, 2.05) is 42.5 Å². The smallest absolute Gasteiger partial charge is 0.188 e. The molecule has 0 bridgehead atoms. The molecule has 6 heteroatoms. The van der Waals surface area contributed by atoms with Gasteiger partial charge in [0.2, 0.25) is 0 Å². The Bertz CT molecular complexity index is 1130. The first kappa shape index (κ1) is 26.0. The van der Waals surface area contributed by atoms with Crippen LogP contribution in [0.2, 0.25) is 0 Å². The van der Waals surface area contributed by atoms with Crippen molar-refractivity contribution < 1.29 is 29.5 Å². The number of aliphatic hydroxyl groups excluding tert-OH is 2. The van der Waals surface area contributed by atoms with E-state index in [1.165, 1.54) is 0 Å². The molecule has 0 atom stereocenters. The molecule has 0 radical (unpaired) electrons. The van der Waals surface area contributed by atoms with Crippen molar-refractivity contribution in [1.82, 2.24) is 0 Å². The minimum absolute atomic E-state index is 0.0665. The molecule has 0 spiro atoms. The van der Waals surface area contributed by atoms with Gasteiger partial charge in [-0.25, -0.2) is 0 Å². The predicted octanol–water partition coefficient (Wildman–Crippen LogP) is 4.90. The van der Waals surface area contributed by atoms with Gasteiger partial charge in [0.25, 0.3) is 0 Å². The Morgan fingerprint density at radius 3 is 2.09 bits per heavy atom. The van der Waals surface area contributed by atoms with E-state index in [9.17, 15) is 15.3 Å². The summed E-state index contributed by atoms with van der Waals surface area (Å²) in [5.74, 6) is 1.23. The second-order valence-corrected chi connectivity index (χ2v) is 8.04. The Hall–Kier alpha value is -3.58. The Morgan fingerprint density at radius 2 is 1.46 bits per heavy atom. The summed E-state index contributed by atoms with van der Waals surface area (Å²) in [6.45, 7) is 7.08. The molecule has 0 aliphatic rings. The zero-order valence-electron chi connectivity index (χ0n) is 19.9. The number of aliphatic hydroxyl groups is 2. The molecule has 0 heterocycles. The average molecular weight is 477 g/mol. The van der Waals surface area contributed by atoms with Crippen LogP contribution in [0.15, 0.2) is 79.9 Å². The van der Waals surface area contributed by atoms with Crippen LogP contribution in [0.25, 0.3) is 22.3 Å². The largest absolute Gasteiger partial charge is 0.508 e. The van der Waals surface area contributed by atoms with E-state index >= 15 is 0 Å². The maximum Gasteiger partial charge on any atom is 0.188 e. The normalized spacial score (nSPS) is 10.9. The van der Waals surface area contributed by atoms with Crippen molar-refractivity contribution in [3.05, 3.63) is 91.0 Å². The van der Waals surface area contributed by atoms with Crippen molar-refractivity contribution >= 4 is 0 Å². The van der Waals surface area contributed by atoms with Crippen molar-refractivity contribution in [1.29, 1.82) is 0 Å². The summed E-state index contributed by atoms with van der Waals surface area (Å²) in [7, 11) is 1.56. The van der Waals surface area contributed by atoms with E-state index in [4.69, 9.17) is 14.2 Å². The lowest BCUT2D eigenvalue weighted by Gasteiger charge is -2.23. The van der Waals surface area contributed by atoms with Gasteiger partial charge in [0, 0.05) is 23.8 Å². The summed E-state index contributed by atoms with van der Waals surface area (Å²) in [6.07, 6.45) is 4.11. The van der Waals surface area contributed by atoms with Crippen LogP contribution in [0.1, 0.15) is 11.1 Å². The lowest BCUT2D eigenvalue weighted by Crippen LogP contribution is -2.25. The van der Waals surface area contributed by atoms with E-state index in [0.717, 1.165) is 33.4 Å². The topological polar surface area (TPSA) is 88.4 Å². The van der Waals surface area contributed by atoms with Crippen LogP contribution in [0, 0.1) is 0 Å². The van der Waals surface area contributed by atoms with Gasteiger partial charge >= 0.3 is 0 Å². The van der Waals surface area contributed by atoms with Crippen molar-refractivity contribution in [2.75, 3.05) is 27.1 Å². The summed E-state index contributed by atoms with van der Waals surface area (Å²) in [4.78, 5) is 0. The highest BCUT2D eigenvalue weighted by Gasteiger charge is 2.22. The number of methoxy groups -OCH3 is 1. The van der Waals surface area contributed by atoms with Crippen LogP contribution in [-0.4, -0.2) is 48.5 Å². The van der Waals surface area contributed by atoms with Crippen LogP contribution in [0.3, 0.4) is 0 Å². The molecule has 3 aromatic carbocycles. The molecule has 0 saturated heterocycles. The number of rotatable bonds is 13. The molecule has 0 aliphatic heterocycles. The molecular weight excluding hydrogens is 444 g/mol. The molecular formula is C29H32O6. The lowest BCUT2D eigenvalue weighted by atomic mass is 9.91. The van der Waals surface area contributed by atoms with Gasteiger partial charge in [0.05, 0.1) is 13.2 Å². The van der Waals surface area contributed by atoms with Gasteiger partial charge in [-0.15, -0.1) is 13.2 Å². The molecule has 0 saturated carbocycles. The fourth-order valence-electron chi connectivity index (χ4n) is 3.78. The van der Waals surface area contributed by atoms with Gasteiger partial charge in [0.15, 0.2) is 6.79 Å². The summed E-state index contributed by atoms with van der Waals surface area (Å²) in [5.41, 5.74) is 5.08. The Morgan fingerprint density at radius 1 is 0.829 bits per heavy atom. The van der Waals surface area contributed by atoms with Gasteiger partial charge in [-0.1, -0.05) is 30.4 Å². The van der Waals surface area contributed by atoms with E-state index in [1.54, 1.807) is 31.4 Å². The maximum atomic E-state index is 9.82. The fraction of sp³-hybridized carbons (Fsp3) is 0.241. The molecule has 6 nitrogen and oxygen atoms in total. The fourth-order valence-corrected chi connectivity index (χ4v) is 3.78. The minimum atomic E-state index is -0.824. The van der Waals surface area contributed by atoms with Gasteiger partial charge < -0.3 is 29.5 Å². The summed E-state index contributed by atoms with van der Waals surface area (Å²) in [5, 5.41) is 29.4. The Balaban J connectivity index is 2.35. The highest BCUT2D eigenvalue weighted by Crippen LogP contribution is 2.44. The molecule has 184 valence electrons. The molecule has 0 unspecified atom stereocenters. The summed E-state index contributed by atoms with van der Waals surface area (Å²) < 4.78 is 17.2. The van der Waals surface area contributed by atoms with Crippen molar-refractivity contribution in [2.24, 2.45) is 0 Å².